The van der Waals surface area contributed by atoms with Crippen LogP contribution in [0.25, 0.3) is 0 Å². The Morgan fingerprint density at radius 1 is 1.24 bits per heavy atom. The molecule has 3 nitrogen and oxygen atoms in total. The highest BCUT2D eigenvalue weighted by Gasteiger charge is 2.42. The highest BCUT2D eigenvalue weighted by molar-refractivity contribution is 5.37. The van der Waals surface area contributed by atoms with Gasteiger partial charge in [0.25, 0.3) is 0 Å². The fourth-order valence-electron chi connectivity index (χ4n) is 4.11. The van der Waals surface area contributed by atoms with Crippen molar-refractivity contribution < 1.29 is 4.74 Å². The lowest BCUT2D eigenvalue weighted by molar-refractivity contribution is 0.152. The molecular formula is C18H30N2O. The van der Waals surface area contributed by atoms with Gasteiger partial charge in [0.1, 0.15) is 5.75 Å². The van der Waals surface area contributed by atoms with Crippen LogP contribution in [0, 0.1) is 11.3 Å². The maximum atomic E-state index is 6.01. The minimum atomic E-state index is 0.171. The zero-order valence-corrected chi connectivity index (χ0v) is 13.7. The van der Waals surface area contributed by atoms with Crippen molar-refractivity contribution in [3.8, 4) is 5.75 Å². The molecule has 1 aromatic carbocycles. The standard InChI is InChI=1S/C18H30N2O/c1-4-21-16-10-6-5-9-15(16)17(20-19)18(13-14(2)3)11-7-8-12-18/h5-6,9-10,14,17,20H,4,7-8,11-13,19H2,1-3H3. The average molecular weight is 290 g/mol. The molecule has 0 amide bonds. The lowest BCUT2D eigenvalue weighted by Crippen LogP contribution is -2.41. The van der Waals surface area contributed by atoms with Crippen LogP contribution >= 0.6 is 0 Å². The second kappa shape index (κ2) is 7.28. The van der Waals surface area contributed by atoms with Crippen LogP contribution in [0.4, 0.5) is 0 Å². The zero-order chi connectivity index (χ0) is 15.3. The van der Waals surface area contributed by atoms with Crippen molar-refractivity contribution in [2.75, 3.05) is 6.61 Å². The molecule has 0 saturated heterocycles. The molecule has 0 spiro atoms. The maximum absolute atomic E-state index is 6.01. The maximum Gasteiger partial charge on any atom is 0.124 e. The molecule has 1 aromatic rings. The summed E-state index contributed by atoms with van der Waals surface area (Å²) < 4.78 is 5.83. The Hall–Kier alpha value is -1.06. The Bertz CT molecular complexity index is 439. The summed E-state index contributed by atoms with van der Waals surface area (Å²) in [4.78, 5) is 0. The van der Waals surface area contributed by atoms with Crippen molar-refractivity contribution in [2.24, 2.45) is 17.2 Å². The molecule has 0 heterocycles. The Labute approximate surface area is 129 Å². The van der Waals surface area contributed by atoms with Gasteiger partial charge in [-0.2, -0.15) is 0 Å². The summed E-state index contributed by atoms with van der Waals surface area (Å²) in [6.07, 6.45) is 6.33. The summed E-state index contributed by atoms with van der Waals surface area (Å²) in [7, 11) is 0. The Balaban J connectivity index is 2.37. The van der Waals surface area contributed by atoms with Gasteiger partial charge in [-0.25, -0.2) is 0 Å². The number of ether oxygens (including phenoxy) is 1. The fourth-order valence-corrected chi connectivity index (χ4v) is 4.11. The molecule has 0 aliphatic heterocycles. The Morgan fingerprint density at radius 3 is 2.48 bits per heavy atom. The molecule has 1 aliphatic rings. The van der Waals surface area contributed by atoms with Crippen LogP contribution in [0.15, 0.2) is 24.3 Å². The van der Waals surface area contributed by atoms with E-state index in [2.05, 4.69) is 37.5 Å². The normalized spacial score (nSPS) is 18.9. The van der Waals surface area contributed by atoms with Crippen molar-refractivity contribution in [3.05, 3.63) is 29.8 Å². The number of nitrogens with one attached hydrogen (secondary N) is 1. The number of rotatable bonds is 7. The summed E-state index contributed by atoms with van der Waals surface area (Å²) in [6.45, 7) is 7.33. The van der Waals surface area contributed by atoms with E-state index in [1.165, 1.54) is 37.7 Å². The summed E-state index contributed by atoms with van der Waals surface area (Å²) in [5.74, 6) is 7.65. The molecule has 1 saturated carbocycles. The Kier molecular flexibility index (Phi) is 5.65. The quantitative estimate of drug-likeness (QED) is 0.584. The van der Waals surface area contributed by atoms with E-state index in [9.17, 15) is 0 Å². The summed E-state index contributed by atoms with van der Waals surface area (Å²) in [5, 5.41) is 0. The monoisotopic (exact) mass is 290 g/mol. The van der Waals surface area contributed by atoms with E-state index in [0.29, 0.717) is 12.5 Å². The first-order chi connectivity index (χ1) is 10.1. The van der Waals surface area contributed by atoms with E-state index >= 15 is 0 Å². The van der Waals surface area contributed by atoms with Gasteiger partial charge in [-0.05, 0) is 43.6 Å². The molecule has 1 atom stereocenters. The second-order valence-electron chi connectivity index (χ2n) is 6.74. The molecular weight excluding hydrogens is 260 g/mol. The predicted molar refractivity (Wildman–Crippen MR) is 88.0 cm³/mol. The molecule has 118 valence electrons. The second-order valence-corrected chi connectivity index (χ2v) is 6.74. The van der Waals surface area contributed by atoms with Gasteiger partial charge in [-0.1, -0.05) is 44.9 Å². The van der Waals surface area contributed by atoms with Gasteiger partial charge in [-0.3, -0.25) is 11.3 Å². The van der Waals surface area contributed by atoms with E-state index in [1.54, 1.807) is 0 Å². The highest BCUT2D eigenvalue weighted by Crippen LogP contribution is 2.52. The zero-order valence-electron chi connectivity index (χ0n) is 13.7. The first kappa shape index (κ1) is 16.3. The molecule has 1 unspecified atom stereocenters. The number of hydrazine groups is 1. The van der Waals surface area contributed by atoms with Crippen molar-refractivity contribution in [1.82, 2.24) is 5.43 Å². The fraction of sp³-hybridized carbons (Fsp3) is 0.667. The molecule has 2 rings (SSSR count). The van der Waals surface area contributed by atoms with Crippen LogP contribution in [-0.4, -0.2) is 6.61 Å². The minimum absolute atomic E-state index is 0.171. The SMILES string of the molecule is CCOc1ccccc1C(NN)C1(CC(C)C)CCCC1. The van der Waals surface area contributed by atoms with Crippen LogP contribution in [0.2, 0.25) is 0 Å². The summed E-state index contributed by atoms with van der Waals surface area (Å²) >= 11 is 0. The van der Waals surface area contributed by atoms with Crippen molar-refractivity contribution in [3.63, 3.8) is 0 Å². The molecule has 3 N–H and O–H groups in total. The summed E-state index contributed by atoms with van der Waals surface area (Å²) in [6, 6.07) is 8.51. The Morgan fingerprint density at radius 2 is 1.90 bits per heavy atom. The topological polar surface area (TPSA) is 47.3 Å². The van der Waals surface area contributed by atoms with E-state index < -0.39 is 0 Å². The van der Waals surface area contributed by atoms with Crippen LogP contribution in [0.3, 0.4) is 0 Å². The highest BCUT2D eigenvalue weighted by atomic mass is 16.5. The average Bonchev–Trinajstić information content (AvgIpc) is 2.90. The van der Waals surface area contributed by atoms with E-state index in [1.807, 2.05) is 13.0 Å². The van der Waals surface area contributed by atoms with Crippen LogP contribution in [0.1, 0.15) is 64.5 Å². The third kappa shape index (κ3) is 3.58. The first-order valence-corrected chi connectivity index (χ1v) is 8.31. The van der Waals surface area contributed by atoms with Gasteiger partial charge >= 0.3 is 0 Å². The minimum Gasteiger partial charge on any atom is -0.494 e. The van der Waals surface area contributed by atoms with Gasteiger partial charge in [0.15, 0.2) is 0 Å². The van der Waals surface area contributed by atoms with Crippen molar-refractivity contribution in [2.45, 2.75) is 58.9 Å². The third-order valence-corrected chi connectivity index (χ3v) is 4.72. The number of benzene rings is 1. The number of para-hydroxylation sites is 1. The number of nitrogens with two attached hydrogens (primary N) is 1. The van der Waals surface area contributed by atoms with Gasteiger partial charge in [0.2, 0.25) is 0 Å². The van der Waals surface area contributed by atoms with Crippen LogP contribution in [0.5, 0.6) is 5.75 Å². The third-order valence-electron chi connectivity index (χ3n) is 4.72. The molecule has 0 aromatic heterocycles. The molecule has 1 aliphatic carbocycles. The van der Waals surface area contributed by atoms with Crippen molar-refractivity contribution in [1.29, 1.82) is 0 Å². The molecule has 3 heteroatoms. The predicted octanol–water partition coefficient (Wildman–Crippen LogP) is 4.20. The number of hydrogen-bond acceptors (Lipinski definition) is 3. The molecule has 21 heavy (non-hydrogen) atoms. The summed E-state index contributed by atoms with van der Waals surface area (Å²) in [5.41, 5.74) is 4.60. The lowest BCUT2D eigenvalue weighted by Gasteiger charge is -2.39. The largest absolute Gasteiger partial charge is 0.494 e. The van der Waals surface area contributed by atoms with E-state index in [-0.39, 0.29) is 11.5 Å². The van der Waals surface area contributed by atoms with E-state index in [4.69, 9.17) is 10.6 Å². The van der Waals surface area contributed by atoms with Gasteiger partial charge in [0, 0.05) is 5.56 Å². The van der Waals surface area contributed by atoms with E-state index in [0.717, 1.165) is 5.75 Å². The van der Waals surface area contributed by atoms with Gasteiger partial charge in [-0.15, -0.1) is 0 Å². The van der Waals surface area contributed by atoms with Gasteiger partial charge < -0.3 is 4.74 Å². The lowest BCUT2D eigenvalue weighted by atomic mass is 9.70. The molecule has 0 bridgehead atoms. The van der Waals surface area contributed by atoms with Gasteiger partial charge in [0.05, 0.1) is 12.6 Å². The van der Waals surface area contributed by atoms with Crippen molar-refractivity contribution >= 4 is 0 Å². The number of hydrogen-bond donors (Lipinski definition) is 2. The smallest absolute Gasteiger partial charge is 0.124 e. The van der Waals surface area contributed by atoms with Crippen LogP contribution in [-0.2, 0) is 0 Å². The van der Waals surface area contributed by atoms with Crippen LogP contribution < -0.4 is 16.0 Å². The first-order valence-electron chi connectivity index (χ1n) is 8.31. The molecule has 0 radical (unpaired) electrons. The molecule has 1 fully saturated rings.